The summed E-state index contributed by atoms with van der Waals surface area (Å²) in [4.78, 5) is 13.1. The van der Waals surface area contributed by atoms with Crippen molar-refractivity contribution in [2.45, 2.75) is 25.3 Å². The van der Waals surface area contributed by atoms with Crippen molar-refractivity contribution < 1.29 is 4.79 Å². The van der Waals surface area contributed by atoms with Gasteiger partial charge in [0.2, 0.25) is 5.91 Å². The van der Waals surface area contributed by atoms with E-state index in [2.05, 4.69) is 0 Å². The van der Waals surface area contributed by atoms with Crippen LogP contribution in [-0.4, -0.2) is 29.9 Å². The van der Waals surface area contributed by atoms with Gasteiger partial charge in [0.05, 0.1) is 0 Å². The first-order valence-electron chi connectivity index (χ1n) is 4.29. The number of likely N-dealkylation sites (tertiary alicyclic amines) is 1. The lowest BCUT2D eigenvalue weighted by molar-refractivity contribution is -0.127. The largest absolute Gasteiger partial charge is 0.341 e. The average Bonchev–Trinajstić information content (AvgIpc) is 2.64. The van der Waals surface area contributed by atoms with Crippen LogP contribution in [0, 0.1) is 5.92 Å². The molecule has 2 aliphatic rings. The quantitative estimate of drug-likeness (QED) is 0.606. The van der Waals surface area contributed by atoms with Crippen molar-refractivity contribution in [2.24, 2.45) is 11.7 Å². The second-order valence-corrected chi connectivity index (χ2v) is 3.71. The lowest BCUT2D eigenvalue weighted by Crippen LogP contribution is -2.29. The van der Waals surface area contributed by atoms with Crippen LogP contribution in [0.1, 0.15) is 19.3 Å². The summed E-state index contributed by atoms with van der Waals surface area (Å²) in [6.07, 6.45) is 3.17. The SMILES string of the molecule is N[C@@H]1CC(=O)N(CC2CC2)C1. The highest BCUT2D eigenvalue weighted by molar-refractivity contribution is 5.79. The molecule has 0 bridgehead atoms. The fraction of sp³-hybridized carbons (Fsp3) is 0.875. The molecular weight excluding hydrogens is 140 g/mol. The van der Waals surface area contributed by atoms with Crippen LogP contribution in [0.3, 0.4) is 0 Å². The molecule has 62 valence electrons. The van der Waals surface area contributed by atoms with Gasteiger partial charge < -0.3 is 10.6 Å². The molecule has 0 aromatic carbocycles. The molecule has 3 nitrogen and oxygen atoms in total. The van der Waals surface area contributed by atoms with Crippen molar-refractivity contribution in [1.29, 1.82) is 0 Å². The van der Waals surface area contributed by atoms with E-state index in [1.54, 1.807) is 0 Å². The van der Waals surface area contributed by atoms with Gasteiger partial charge in [-0.25, -0.2) is 0 Å². The topological polar surface area (TPSA) is 46.3 Å². The maximum absolute atomic E-state index is 11.2. The molecule has 11 heavy (non-hydrogen) atoms. The molecule has 3 heteroatoms. The normalized spacial score (nSPS) is 31.5. The molecule has 1 saturated carbocycles. The molecule has 2 N–H and O–H groups in total. The van der Waals surface area contributed by atoms with Gasteiger partial charge in [0.15, 0.2) is 0 Å². The summed E-state index contributed by atoms with van der Waals surface area (Å²) in [6.45, 7) is 1.75. The second-order valence-electron chi connectivity index (χ2n) is 3.71. The van der Waals surface area contributed by atoms with E-state index in [0.29, 0.717) is 6.42 Å². The Morgan fingerprint density at radius 2 is 2.27 bits per heavy atom. The van der Waals surface area contributed by atoms with Crippen LogP contribution in [0.2, 0.25) is 0 Å². The Balaban J connectivity index is 1.87. The number of rotatable bonds is 2. The van der Waals surface area contributed by atoms with E-state index in [1.807, 2.05) is 4.90 Å². The predicted molar refractivity (Wildman–Crippen MR) is 41.9 cm³/mol. The molecular formula is C8H14N2O. The van der Waals surface area contributed by atoms with Gasteiger partial charge in [-0.05, 0) is 18.8 Å². The Morgan fingerprint density at radius 1 is 1.55 bits per heavy atom. The Hall–Kier alpha value is -0.570. The van der Waals surface area contributed by atoms with Gasteiger partial charge in [0, 0.05) is 25.6 Å². The highest BCUT2D eigenvalue weighted by atomic mass is 16.2. The molecule has 1 saturated heterocycles. The zero-order chi connectivity index (χ0) is 7.84. The molecule has 1 amide bonds. The Bertz CT molecular complexity index is 177. The molecule has 0 spiro atoms. The molecule has 2 fully saturated rings. The summed E-state index contributed by atoms with van der Waals surface area (Å²) in [6, 6.07) is 0.0984. The minimum Gasteiger partial charge on any atom is -0.341 e. The van der Waals surface area contributed by atoms with Crippen LogP contribution in [0.15, 0.2) is 0 Å². The summed E-state index contributed by atoms with van der Waals surface area (Å²) in [7, 11) is 0. The number of carbonyl (C=O) groups excluding carboxylic acids is 1. The third-order valence-electron chi connectivity index (χ3n) is 2.42. The Kier molecular flexibility index (Phi) is 1.60. The minimum absolute atomic E-state index is 0.0984. The number of amides is 1. The van der Waals surface area contributed by atoms with Crippen molar-refractivity contribution >= 4 is 5.91 Å². The van der Waals surface area contributed by atoms with Gasteiger partial charge in [0.1, 0.15) is 0 Å². The van der Waals surface area contributed by atoms with Gasteiger partial charge in [-0.1, -0.05) is 0 Å². The maximum Gasteiger partial charge on any atom is 0.224 e. The summed E-state index contributed by atoms with van der Waals surface area (Å²) >= 11 is 0. The third kappa shape index (κ3) is 1.53. The fourth-order valence-electron chi connectivity index (χ4n) is 1.59. The van der Waals surface area contributed by atoms with E-state index in [4.69, 9.17) is 5.73 Å². The average molecular weight is 154 g/mol. The molecule has 0 radical (unpaired) electrons. The van der Waals surface area contributed by atoms with Crippen LogP contribution in [-0.2, 0) is 4.79 Å². The summed E-state index contributed by atoms with van der Waals surface area (Å²) in [5.74, 6) is 1.05. The first-order chi connectivity index (χ1) is 5.25. The molecule has 1 aliphatic heterocycles. The summed E-state index contributed by atoms with van der Waals surface area (Å²) < 4.78 is 0. The number of nitrogens with two attached hydrogens (primary N) is 1. The van der Waals surface area contributed by atoms with Crippen LogP contribution in [0.4, 0.5) is 0 Å². The van der Waals surface area contributed by atoms with Gasteiger partial charge in [-0.15, -0.1) is 0 Å². The highest BCUT2D eigenvalue weighted by Crippen LogP contribution is 2.30. The standard InChI is InChI=1S/C8H14N2O/c9-7-3-8(11)10(5-7)4-6-1-2-6/h6-7H,1-5,9H2/t7-/m1/s1. The van der Waals surface area contributed by atoms with Crippen LogP contribution in [0.5, 0.6) is 0 Å². The van der Waals surface area contributed by atoms with Crippen molar-refractivity contribution in [1.82, 2.24) is 4.90 Å². The zero-order valence-electron chi connectivity index (χ0n) is 6.62. The summed E-state index contributed by atoms with van der Waals surface area (Å²) in [5, 5.41) is 0. The molecule has 0 aromatic heterocycles. The lowest BCUT2D eigenvalue weighted by atomic mass is 10.3. The maximum atomic E-state index is 11.2. The first-order valence-corrected chi connectivity index (χ1v) is 4.29. The Labute approximate surface area is 66.5 Å². The van der Waals surface area contributed by atoms with Crippen molar-refractivity contribution in [3.8, 4) is 0 Å². The molecule has 0 aromatic rings. The zero-order valence-corrected chi connectivity index (χ0v) is 6.62. The van der Waals surface area contributed by atoms with E-state index in [-0.39, 0.29) is 11.9 Å². The number of hydrogen-bond acceptors (Lipinski definition) is 2. The van der Waals surface area contributed by atoms with Crippen LogP contribution in [0.25, 0.3) is 0 Å². The highest BCUT2D eigenvalue weighted by Gasteiger charge is 2.32. The van der Waals surface area contributed by atoms with E-state index in [1.165, 1.54) is 12.8 Å². The molecule has 1 atom stereocenters. The van der Waals surface area contributed by atoms with Gasteiger partial charge >= 0.3 is 0 Å². The Morgan fingerprint density at radius 3 is 2.73 bits per heavy atom. The molecule has 1 aliphatic carbocycles. The first kappa shape index (κ1) is 7.10. The number of hydrogen-bond donors (Lipinski definition) is 1. The summed E-state index contributed by atoms with van der Waals surface area (Å²) in [5.41, 5.74) is 5.65. The van der Waals surface area contributed by atoms with E-state index >= 15 is 0 Å². The van der Waals surface area contributed by atoms with E-state index in [9.17, 15) is 4.79 Å². The smallest absolute Gasteiger partial charge is 0.224 e. The number of nitrogens with zero attached hydrogens (tertiary/aromatic N) is 1. The number of carbonyl (C=O) groups is 1. The lowest BCUT2D eigenvalue weighted by Gasteiger charge is -2.14. The van der Waals surface area contributed by atoms with E-state index < -0.39 is 0 Å². The minimum atomic E-state index is 0.0984. The monoisotopic (exact) mass is 154 g/mol. The van der Waals surface area contributed by atoms with Crippen molar-refractivity contribution in [2.75, 3.05) is 13.1 Å². The molecule has 0 unspecified atom stereocenters. The van der Waals surface area contributed by atoms with Crippen LogP contribution >= 0.6 is 0 Å². The van der Waals surface area contributed by atoms with Crippen molar-refractivity contribution in [3.05, 3.63) is 0 Å². The van der Waals surface area contributed by atoms with Crippen molar-refractivity contribution in [3.63, 3.8) is 0 Å². The predicted octanol–water partition coefficient (Wildman–Crippen LogP) is -0.0440. The molecule has 2 rings (SSSR count). The molecule has 1 heterocycles. The second kappa shape index (κ2) is 2.48. The fourth-order valence-corrected chi connectivity index (χ4v) is 1.59. The van der Waals surface area contributed by atoms with Crippen LogP contribution < -0.4 is 5.73 Å². The van der Waals surface area contributed by atoms with E-state index in [0.717, 1.165) is 19.0 Å². The van der Waals surface area contributed by atoms with Gasteiger partial charge in [0.25, 0.3) is 0 Å². The third-order valence-corrected chi connectivity index (χ3v) is 2.42. The van der Waals surface area contributed by atoms with Gasteiger partial charge in [-0.2, -0.15) is 0 Å². The van der Waals surface area contributed by atoms with Gasteiger partial charge in [-0.3, -0.25) is 4.79 Å².